The molecule has 1 aliphatic rings. The molecule has 10 rings (SSSR count). The highest BCUT2D eigenvalue weighted by Crippen LogP contribution is 2.47. The van der Waals surface area contributed by atoms with Crippen molar-refractivity contribution < 1.29 is 4.42 Å². The zero-order chi connectivity index (χ0) is 30.2. The summed E-state index contributed by atoms with van der Waals surface area (Å²) in [7, 11) is 0. The molecule has 0 amide bonds. The maximum atomic E-state index is 6.39. The predicted molar refractivity (Wildman–Crippen MR) is 190 cm³/mol. The molecule has 216 valence electrons. The number of hydrogen-bond donors (Lipinski definition) is 0. The summed E-state index contributed by atoms with van der Waals surface area (Å²) in [4.78, 5) is 5.32. The lowest BCUT2D eigenvalue weighted by Gasteiger charge is -2.40. The molecule has 4 nitrogen and oxygen atoms in total. The van der Waals surface area contributed by atoms with Crippen molar-refractivity contribution in [1.29, 1.82) is 0 Å². The number of furan rings is 1. The fraction of sp³-hybridized carbons (Fsp3) is 0.0238. The minimum atomic E-state index is -0.178. The fourth-order valence-electron chi connectivity index (χ4n) is 7.22. The molecule has 1 atom stereocenters. The van der Waals surface area contributed by atoms with Crippen molar-refractivity contribution in [3.63, 3.8) is 0 Å². The van der Waals surface area contributed by atoms with Crippen LogP contribution in [0.1, 0.15) is 17.2 Å². The van der Waals surface area contributed by atoms with E-state index in [1.54, 1.807) is 0 Å². The summed E-state index contributed by atoms with van der Waals surface area (Å²) in [5.41, 5.74) is 9.97. The van der Waals surface area contributed by atoms with Gasteiger partial charge in [0, 0.05) is 39.0 Å². The lowest BCUT2D eigenvalue weighted by Crippen LogP contribution is -2.15. The van der Waals surface area contributed by atoms with Gasteiger partial charge in [0.05, 0.1) is 16.7 Å². The Morgan fingerprint density at radius 3 is 2.20 bits per heavy atom. The maximum absolute atomic E-state index is 6.39. The number of para-hydroxylation sites is 1. The highest BCUT2D eigenvalue weighted by Gasteiger charge is 2.21. The van der Waals surface area contributed by atoms with Gasteiger partial charge in [-0.1, -0.05) is 121 Å². The van der Waals surface area contributed by atoms with Gasteiger partial charge in [0.2, 0.25) is 0 Å². The van der Waals surface area contributed by atoms with E-state index in [4.69, 9.17) is 14.7 Å². The van der Waals surface area contributed by atoms with Crippen LogP contribution in [-0.2, 0) is 0 Å². The molecular weight excluding hydrogens is 562 g/mol. The second-order valence-electron chi connectivity index (χ2n) is 12.0. The third-order valence-electron chi connectivity index (χ3n) is 9.32. The first-order valence-electron chi connectivity index (χ1n) is 15.6. The first-order valence-corrected chi connectivity index (χ1v) is 15.6. The molecule has 0 radical (unpaired) electrons. The number of aromatic nitrogens is 1. The van der Waals surface area contributed by atoms with Crippen molar-refractivity contribution in [2.75, 3.05) is 0 Å². The molecule has 7 aromatic carbocycles. The standard InChI is InChI=1S/C42H26N3O/c1-3-12-27(13-4-1)41-42(28-14-5-2-6-15-28)44-35-23-29(20-21-34(35)43-41)45-36-22-19-26-11-7-8-16-30(26)40(36)33-24-32-31-17-9-10-18-38(31)46-39(32)25-37(33)45/h1-25,41H/q-1. The maximum Gasteiger partial charge on any atom is 0.137 e. The van der Waals surface area contributed by atoms with Gasteiger partial charge in [0.1, 0.15) is 11.2 Å². The van der Waals surface area contributed by atoms with Crippen molar-refractivity contribution in [1.82, 2.24) is 4.57 Å². The molecule has 0 saturated carbocycles. The fourth-order valence-corrected chi connectivity index (χ4v) is 7.22. The van der Waals surface area contributed by atoms with Gasteiger partial charge in [-0.3, -0.25) is 4.99 Å². The van der Waals surface area contributed by atoms with E-state index >= 15 is 0 Å². The van der Waals surface area contributed by atoms with E-state index in [0.717, 1.165) is 66.9 Å². The molecule has 3 heterocycles. The number of fused-ring (bicyclic) bond motifs is 9. The molecular formula is C42H26N3O-. The van der Waals surface area contributed by atoms with E-state index in [2.05, 4.69) is 132 Å². The van der Waals surface area contributed by atoms with Crippen molar-refractivity contribution in [3.05, 3.63) is 168 Å². The Bertz CT molecular complexity index is 2660. The van der Waals surface area contributed by atoms with E-state index in [1.807, 2.05) is 24.3 Å². The van der Waals surface area contributed by atoms with Gasteiger partial charge in [-0.2, -0.15) is 0 Å². The molecule has 0 spiro atoms. The Morgan fingerprint density at radius 2 is 1.33 bits per heavy atom. The summed E-state index contributed by atoms with van der Waals surface area (Å²) < 4.78 is 8.74. The molecule has 1 unspecified atom stereocenters. The Kier molecular flexibility index (Phi) is 5.31. The van der Waals surface area contributed by atoms with Crippen molar-refractivity contribution in [2.45, 2.75) is 6.04 Å². The van der Waals surface area contributed by atoms with Crippen LogP contribution >= 0.6 is 0 Å². The molecule has 0 fully saturated rings. The minimum absolute atomic E-state index is 0.178. The van der Waals surface area contributed by atoms with E-state index in [-0.39, 0.29) is 6.04 Å². The largest absolute Gasteiger partial charge is 0.671 e. The summed E-state index contributed by atoms with van der Waals surface area (Å²) in [6, 6.07) is 53.0. The van der Waals surface area contributed by atoms with Crippen molar-refractivity contribution in [3.8, 4) is 5.69 Å². The molecule has 0 bridgehead atoms. The molecule has 1 aliphatic heterocycles. The quantitative estimate of drug-likeness (QED) is 0.202. The Morgan fingerprint density at radius 1 is 0.565 bits per heavy atom. The van der Waals surface area contributed by atoms with Crippen LogP contribution in [0.3, 0.4) is 0 Å². The number of aliphatic imine (C=N–C) groups is 1. The Labute approximate surface area is 264 Å². The summed E-state index contributed by atoms with van der Waals surface area (Å²) in [5, 5.41) is 12.4. The molecule has 4 heteroatoms. The van der Waals surface area contributed by atoms with Gasteiger partial charge in [-0.15, -0.1) is 5.69 Å². The van der Waals surface area contributed by atoms with Crippen molar-refractivity contribution in [2.24, 2.45) is 4.99 Å². The number of rotatable bonds is 3. The monoisotopic (exact) mass is 588 g/mol. The van der Waals surface area contributed by atoms with Crippen molar-refractivity contribution >= 4 is 71.6 Å². The molecule has 46 heavy (non-hydrogen) atoms. The summed E-state index contributed by atoms with van der Waals surface area (Å²) in [6.45, 7) is 0. The highest BCUT2D eigenvalue weighted by molar-refractivity contribution is 6.24. The van der Waals surface area contributed by atoms with E-state index in [0.29, 0.717) is 0 Å². The number of benzene rings is 7. The highest BCUT2D eigenvalue weighted by atomic mass is 16.3. The van der Waals surface area contributed by atoms with E-state index < -0.39 is 0 Å². The molecule has 0 aliphatic carbocycles. The average Bonchev–Trinajstić information content (AvgIpc) is 3.65. The van der Waals surface area contributed by atoms with Crippen LogP contribution in [0.2, 0.25) is 0 Å². The zero-order valence-corrected chi connectivity index (χ0v) is 24.8. The first kappa shape index (κ1) is 25.2. The van der Waals surface area contributed by atoms with E-state index in [1.165, 1.54) is 21.5 Å². The molecule has 2 aromatic heterocycles. The lowest BCUT2D eigenvalue weighted by molar-refractivity contribution is 0.669. The van der Waals surface area contributed by atoms with E-state index in [9.17, 15) is 0 Å². The average molecular weight is 589 g/mol. The smallest absolute Gasteiger partial charge is 0.137 e. The second-order valence-corrected chi connectivity index (χ2v) is 12.0. The second kappa shape index (κ2) is 9.68. The van der Waals surface area contributed by atoms with Crippen LogP contribution < -0.4 is 0 Å². The van der Waals surface area contributed by atoms with Crippen LogP contribution in [0, 0.1) is 0 Å². The van der Waals surface area contributed by atoms with Gasteiger partial charge < -0.3 is 14.3 Å². The summed E-state index contributed by atoms with van der Waals surface area (Å²) >= 11 is 0. The van der Waals surface area contributed by atoms with Crippen LogP contribution in [0.4, 0.5) is 11.4 Å². The van der Waals surface area contributed by atoms with Gasteiger partial charge >= 0.3 is 0 Å². The molecule has 9 aromatic rings. The predicted octanol–water partition coefficient (Wildman–Crippen LogP) is 11.7. The lowest BCUT2D eigenvalue weighted by atomic mass is 9.94. The summed E-state index contributed by atoms with van der Waals surface area (Å²) in [6.07, 6.45) is 0. The zero-order valence-electron chi connectivity index (χ0n) is 24.8. The summed E-state index contributed by atoms with van der Waals surface area (Å²) in [5.74, 6) is 0. The first-order chi connectivity index (χ1) is 22.8. The topological polar surface area (TPSA) is 44.5 Å². The Hall–Kier alpha value is -6.13. The third kappa shape index (κ3) is 3.71. The van der Waals surface area contributed by atoms with Crippen LogP contribution in [0.15, 0.2) is 161 Å². The van der Waals surface area contributed by atoms with Gasteiger partial charge in [0.15, 0.2) is 0 Å². The Balaban J connectivity index is 1.24. The van der Waals surface area contributed by atoms with Crippen LogP contribution in [0.25, 0.3) is 65.5 Å². The molecule has 0 N–H and O–H groups in total. The SMILES string of the molecule is c1ccc(C2=Nc3cc(-n4c5cc6oc7ccccc7c6cc5c5c6ccccc6ccc54)ccc3[N-]C2c2ccccc2)cc1. The van der Waals surface area contributed by atoms with Gasteiger partial charge in [-0.05, 0) is 52.7 Å². The molecule has 0 saturated heterocycles. The normalized spacial score (nSPS) is 14.6. The third-order valence-corrected chi connectivity index (χ3v) is 9.32. The van der Waals surface area contributed by atoms with Gasteiger partial charge in [0.25, 0.3) is 0 Å². The minimum Gasteiger partial charge on any atom is -0.671 e. The van der Waals surface area contributed by atoms with Crippen LogP contribution in [0.5, 0.6) is 0 Å². The van der Waals surface area contributed by atoms with Gasteiger partial charge in [-0.25, -0.2) is 0 Å². The number of nitrogens with zero attached hydrogens (tertiary/aromatic N) is 3. The van der Waals surface area contributed by atoms with Crippen LogP contribution in [-0.4, -0.2) is 10.3 Å². The number of hydrogen-bond acceptors (Lipinski definition) is 2.